The van der Waals surface area contributed by atoms with Gasteiger partial charge in [0.1, 0.15) is 12.2 Å². The largest absolute Gasteiger partial charge is 0.314 e. The molecule has 2 atom stereocenters. The van der Waals surface area contributed by atoms with Crippen molar-refractivity contribution in [2.45, 2.75) is 44.2 Å². The minimum Gasteiger partial charge on any atom is -0.314 e. The van der Waals surface area contributed by atoms with E-state index in [1.165, 1.54) is 25.1 Å². The van der Waals surface area contributed by atoms with Crippen LogP contribution in [-0.2, 0) is 0 Å². The van der Waals surface area contributed by atoms with Gasteiger partial charge >= 0.3 is 0 Å². The summed E-state index contributed by atoms with van der Waals surface area (Å²) in [6, 6.07) is 1.25. The Balaban J connectivity index is 1.90. The zero-order chi connectivity index (χ0) is 9.54. The molecule has 2 fully saturated rings. The lowest BCUT2D eigenvalue weighted by Gasteiger charge is -2.15. The van der Waals surface area contributed by atoms with E-state index in [0.29, 0.717) is 18.0 Å². The monoisotopic (exact) mass is 192 g/mol. The molecule has 0 radical (unpaired) electrons. The lowest BCUT2D eigenvalue weighted by Crippen LogP contribution is -2.23. The Morgan fingerprint density at radius 2 is 2.29 bits per heavy atom. The first-order valence-corrected chi connectivity index (χ1v) is 5.49. The van der Waals surface area contributed by atoms with Crippen LogP contribution < -0.4 is 5.32 Å². The highest BCUT2D eigenvalue weighted by molar-refractivity contribution is 5.07. The first-order chi connectivity index (χ1) is 6.86. The Morgan fingerprint density at radius 3 is 2.93 bits per heavy atom. The number of hydrogen-bond donors (Lipinski definition) is 1. The van der Waals surface area contributed by atoms with E-state index in [9.17, 15) is 0 Å². The molecule has 4 nitrogen and oxygen atoms in total. The summed E-state index contributed by atoms with van der Waals surface area (Å²) in [6.07, 6.45) is 5.71. The average Bonchev–Trinajstić information content (AvgIpc) is 2.75. The molecule has 2 unspecified atom stereocenters. The van der Waals surface area contributed by atoms with E-state index in [-0.39, 0.29) is 0 Å². The maximum Gasteiger partial charge on any atom is 0.137 e. The highest BCUT2D eigenvalue weighted by Gasteiger charge is 2.33. The zero-order valence-corrected chi connectivity index (χ0v) is 8.48. The standard InChI is InChI=1S/C10H16N4/c1-7-9(4-5-11-7)10-13-12-6-14(10)8-2-3-8/h6-9,11H,2-5H2,1H3. The molecule has 1 aliphatic carbocycles. The van der Waals surface area contributed by atoms with Gasteiger partial charge in [0, 0.05) is 18.0 Å². The van der Waals surface area contributed by atoms with E-state index in [1.807, 2.05) is 6.33 Å². The highest BCUT2D eigenvalue weighted by atomic mass is 15.3. The first-order valence-electron chi connectivity index (χ1n) is 5.49. The van der Waals surface area contributed by atoms with Crippen molar-refractivity contribution < 1.29 is 0 Å². The summed E-state index contributed by atoms with van der Waals surface area (Å²) in [5, 5.41) is 11.8. The summed E-state index contributed by atoms with van der Waals surface area (Å²) < 4.78 is 2.29. The smallest absolute Gasteiger partial charge is 0.137 e. The molecule has 1 N–H and O–H groups in total. The molecule has 3 rings (SSSR count). The molecule has 1 saturated carbocycles. The van der Waals surface area contributed by atoms with Crippen LogP contribution in [0, 0.1) is 0 Å². The third kappa shape index (κ3) is 1.25. The van der Waals surface area contributed by atoms with E-state index in [2.05, 4.69) is 27.0 Å². The van der Waals surface area contributed by atoms with Gasteiger partial charge in [-0.05, 0) is 32.7 Å². The van der Waals surface area contributed by atoms with Crippen molar-refractivity contribution in [2.75, 3.05) is 6.54 Å². The third-order valence-electron chi connectivity index (χ3n) is 3.40. The van der Waals surface area contributed by atoms with Crippen molar-refractivity contribution in [3.8, 4) is 0 Å². The molecular formula is C10H16N4. The molecule has 14 heavy (non-hydrogen) atoms. The Hall–Kier alpha value is -0.900. The Kier molecular flexibility index (Phi) is 1.83. The molecular weight excluding hydrogens is 176 g/mol. The minimum atomic E-state index is 0.552. The average molecular weight is 192 g/mol. The molecule has 0 bridgehead atoms. The van der Waals surface area contributed by atoms with Crippen LogP contribution in [0.2, 0.25) is 0 Å². The fourth-order valence-corrected chi connectivity index (χ4v) is 2.36. The van der Waals surface area contributed by atoms with Gasteiger partial charge in [-0.1, -0.05) is 0 Å². The minimum absolute atomic E-state index is 0.552. The predicted molar refractivity (Wildman–Crippen MR) is 53.1 cm³/mol. The molecule has 1 saturated heterocycles. The van der Waals surface area contributed by atoms with Crippen molar-refractivity contribution in [3.63, 3.8) is 0 Å². The van der Waals surface area contributed by atoms with Crippen molar-refractivity contribution in [1.29, 1.82) is 0 Å². The van der Waals surface area contributed by atoms with Crippen LogP contribution in [0.4, 0.5) is 0 Å². The van der Waals surface area contributed by atoms with Crippen molar-refractivity contribution in [2.24, 2.45) is 0 Å². The van der Waals surface area contributed by atoms with Crippen LogP contribution in [0.15, 0.2) is 6.33 Å². The summed E-state index contributed by atoms with van der Waals surface area (Å²) in [7, 11) is 0. The van der Waals surface area contributed by atoms with Crippen LogP contribution in [0.3, 0.4) is 0 Å². The zero-order valence-electron chi connectivity index (χ0n) is 8.48. The van der Waals surface area contributed by atoms with Crippen molar-refractivity contribution >= 4 is 0 Å². The fourth-order valence-electron chi connectivity index (χ4n) is 2.36. The molecule has 1 aromatic rings. The molecule has 0 amide bonds. The summed E-state index contributed by atoms with van der Waals surface area (Å²) in [5.74, 6) is 1.77. The molecule has 0 aromatic carbocycles. The molecule has 4 heteroatoms. The van der Waals surface area contributed by atoms with Crippen molar-refractivity contribution in [3.05, 3.63) is 12.2 Å². The van der Waals surface area contributed by atoms with Crippen LogP contribution in [0.5, 0.6) is 0 Å². The SMILES string of the molecule is CC1NCCC1c1nncn1C1CC1. The van der Waals surface area contributed by atoms with Gasteiger partial charge in [0.05, 0.1) is 0 Å². The topological polar surface area (TPSA) is 42.7 Å². The fraction of sp³-hybridized carbons (Fsp3) is 0.800. The predicted octanol–water partition coefficient (Wildman–Crippen LogP) is 1.08. The number of nitrogens with zero attached hydrogens (tertiary/aromatic N) is 3. The van der Waals surface area contributed by atoms with E-state index >= 15 is 0 Å². The number of nitrogens with one attached hydrogen (secondary N) is 1. The molecule has 76 valence electrons. The van der Waals surface area contributed by atoms with Gasteiger partial charge in [0.25, 0.3) is 0 Å². The van der Waals surface area contributed by atoms with Gasteiger partial charge in [-0.3, -0.25) is 0 Å². The normalized spacial score (nSPS) is 32.4. The van der Waals surface area contributed by atoms with Crippen molar-refractivity contribution in [1.82, 2.24) is 20.1 Å². The molecule has 0 spiro atoms. The van der Waals surface area contributed by atoms with E-state index in [4.69, 9.17) is 0 Å². The summed E-state index contributed by atoms with van der Waals surface area (Å²) in [6.45, 7) is 3.35. The van der Waals surface area contributed by atoms with E-state index in [1.54, 1.807) is 0 Å². The van der Waals surface area contributed by atoms with Crippen LogP contribution in [0.1, 0.15) is 44.0 Å². The maximum absolute atomic E-state index is 4.28. The summed E-state index contributed by atoms with van der Waals surface area (Å²) in [5.41, 5.74) is 0. The van der Waals surface area contributed by atoms with Crippen LogP contribution >= 0.6 is 0 Å². The molecule has 2 aliphatic rings. The second-order valence-corrected chi connectivity index (χ2v) is 4.47. The summed E-state index contributed by atoms with van der Waals surface area (Å²) >= 11 is 0. The maximum atomic E-state index is 4.28. The summed E-state index contributed by atoms with van der Waals surface area (Å²) in [4.78, 5) is 0. The Morgan fingerprint density at radius 1 is 1.43 bits per heavy atom. The first kappa shape index (κ1) is 8.41. The second kappa shape index (κ2) is 3.05. The van der Waals surface area contributed by atoms with E-state index < -0.39 is 0 Å². The lowest BCUT2D eigenvalue weighted by atomic mass is 10.0. The number of aromatic nitrogens is 3. The van der Waals surface area contributed by atoms with Gasteiger partial charge < -0.3 is 9.88 Å². The third-order valence-corrected chi connectivity index (χ3v) is 3.40. The van der Waals surface area contributed by atoms with Gasteiger partial charge in [-0.2, -0.15) is 0 Å². The van der Waals surface area contributed by atoms with Gasteiger partial charge in [0.2, 0.25) is 0 Å². The highest BCUT2D eigenvalue weighted by Crippen LogP contribution is 2.38. The molecule has 1 aromatic heterocycles. The van der Waals surface area contributed by atoms with Gasteiger partial charge in [-0.15, -0.1) is 10.2 Å². The van der Waals surface area contributed by atoms with E-state index in [0.717, 1.165) is 6.54 Å². The van der Waals surface area contributed by atoms with Crippen LogP contribution in [0.25, 0.3) is 0 Å². The second-order valence-electron chi connectivity index (χ2n) is 4.47. The number of hydrogen-bond acceptors (Lipinski definition) is 3. The van der Waals surface area contributed by atoms with Crippen LogP contribution in [-0.4, -0.2) is 27.4 Å². The Bertz CT molecular complexity index is 329. The lowest BCUT2D eigenvalue weighted by molar-refractivity contribution is 0.532. The number of rotatable bonds is 2. The molecule has 2 heterocycles. The quantitative estimate of drug-likeness (QED) is 0.762. The van der Waals surface area contributed by atoms with Gasteiger partial charge in [-0.25, -0.2) is 0 Å². The molecule has 1 aliphatic heterocycles. The van der Waals surface area contributed by atoms with Gasteiger partial charge in [0.15, 0.2) is 0 Å². The Labute approximate surface area is 83.7 Å².